The molecule has 4 atom stereocenters. The predicted molar refractivity (Wildman–Crippen MR) is 103 cm³/mol. The molecule has 2 aliphatic rings. The van der Waals surface area contributed by atoms with Gasteiger partial charge in [0.05, 0.1) is 29.4 Å². The summed E-state index contributed by atoms with van der Waals surface area (Å²) in [7, 11) is 0. The van der Waals surface area contributed by atoms with E-state index in [2.05, 4.69) is 15.0 Å². The number of rotatable bonds is 5. The zero-order chi connectivity index (χ0) is 20.8. The average Bonchev–Trinajstić information content (AvgIpc) is 3.40. The summed E-state index contributed by atoms with van der Waals surface area (Å²) in [4.78, 5) is 11.8. The SMILES string of the molecule is O[C@@H]1CO[C@H]2[C@@H]1OC[C@H]2Oc1nc2nc(CCc3cccc(F)c3F)c(Cl)cc2[nH]1. The molecule has 158 valence electrons. The quantitative estimate of drug-likeness (QED) is 0.637. The molecule has 2 aromatic heterocycles. The molecule has 2 saturated heterocycles. The van der Waals surface area contributed by atoms with Crippen molar-refractivity contribution in [1.82, 2.24) is 15.0 Å². The number of aliphatic hydroxyl groups excluding tert-OH is 1. The van der Waals surface area contributed by atoms with Crippen molar-refractivity contribution in [2.45, 2.75) is 37.3 Å². The smallest absolute Gasteiger partial charge is 0.296 e. The molecular formula is C20H18ClF2N3O4. The number of aromatic nitrogens is 3. The van der Waals surface area contributed by atoms with E-state index >= 15 is 0 Å². The van der Waals surface area contributed by atoms with Crippen LogP contribution in [0.2, 0.25) is 5.02 Å². The maximum absolute atomic E-state index is 13.9. The predicted octanol–water partition coefficient (Wildman–Crippen LogP) is 2.58. The zero-order valence-corrected chi connectivity index (χ0v) is 16.4. The highest BCUT2D eigenvalue weighted by molar-refractivity contribution is 6.31. The Balaban J connectivity index is 1.32. The fraction of sp³-hybridized carbons (Fsp3) is 0.400. The molecule has 2 aliphatic heterocycles. The molecule has 0 unspecified atom stereocenters. The van der Waals surface area contributed by atoms with Crippen molar-refractivity contribution >= 4 is 22.8 Å². The number of benzene rings is 1. The summed E-state index contributed by atoms with van der Waals surface area (Å²) < 4.78 is 44.2. The molecule has 4 heterocycles. The van der Waals surface area contributed by atoms with Crippen LogP contribution in [0.1, 0.15) is 11.3 Å². The Morgan fingerprint density at radius 1 is 1.17 bits per heavy atom. The molecule has 5 rings (SSSR count). The molecule has 0 spiro atoms. The van der Waals surface area contributed by atoms with Crippen LogP contribution in [-0.4, -0.2) is 57.7 Å². The molecule has 2 fully saturated rings. The Kier molecular flexibility index (Phi) is 5.06. The van der Waals surface area contributed by atoms with Gasteiger partial charge in [0.2, 0.25) is 0 Å². The third kappa shape index (κ3) is 3.51. The molecular weight excluding hydrogens is 420 g/mol. The summed E-state index contributed by atoms with van der Waals surface area (Å²) in [6, 6.07) is 5.99. The van der Waals surface area contributed by atoms with E-state index in [4.69, 9.17) is 25.8 Å². The largest absolute Gasteiger partial charge is 0.456 e. The monoisotopic (exact) mass is 437 g/mol. The number of aromatic amines is 1. The number of imidazole rings is 1. The number of halogens is 3. The van der Waals surface area contributed by atoms with Crippen molar-refractivity contribution in [1.29, 1.82) is 0 Å². The summed E-state index contributed by atoms with van der Waals surface area (Å²) in [5.41, 5.74) is 1.76. The third-order valence-electron chi connectivity index (χ3n) is 5.39. The van der Waals surface area contributed by atoms with Crippen molar-refractivity contribution in [3.63, 3.8) is 0 Å². The van der Waals surface area contributed by atoms with Gasteiger partial charge in [0.1, 0.15) is 18.3 Å². The van der Waals surface area contributed by atoms with Gasteiger partial charge >= 0.3 is 0 Å². The molecule has 1 aromatic carbocycles. The van der Waals surface area contributed by atoms with Crippen molar-refractivity contribution in [2.75, 3.05) is 13.2 Å². The third-order valence-corrected chi connectivity index (χ3v) is 5.71. The topological polar surface area (TPSA) is 89.5 Å². The lowest BCUT2D eigenvalue weighted by Crippen LogP contribution is -2.34. The molecule has 0 bridgehead atoms. The van der Waals surface area contributed by atoms with Gasteiger partial charge in [0.15, 0.2) is 23.4 Å². The van der Waals surface area contributed by atoms with Crippen LogP contribution in [0.15, 0.2) is 24.3 Å². The maximum Gasteiger partial charge on any atom is 0.296 e. The van der Waals surface area contributed by atoms with E-state index in [1.807, 2.05) is 0 Å². The standard InChI is InChI=1S/C20H18ClF2N3O4/c21-10-6-13-19(24-12(10)5-4-9-2-1-3-11(22)16(9)23)26-20(25-13)30-15-8-29-17-14(27)7-28-18(15)17/h1-3,6,14-15,17-18,27H,4-5,7-8H2,(H,24,25,26)/t14-,15-,17-,18-/m1/s1. The Labute approximate surface area is 174 Å². The Hall–Kier alpha value is -2.33. The second kappa shape index (κ2) is 7.73. The van der Waals surface area contributed by atoms with Crippen LogP contribution in [0.5, 0.6) is 6.01 Å². The number of hydrogen-bond acceptors (Lipinski definition) is 6. The Morgan fingerprint density at radius 3 is 2.87 bits per heavy atom. The minimum absolute atomic E-state index is 0.210. The maximum atomic E-state index is 13.9. The number of hydrogen-bond donors (Lipinski definition) is 2. The molecule has 7 nitrogen and oxygen atoms in total. The number of aryl methyl sites for hydroxylation is 2. The van der Waals surface area contributed by atoms with Crippen LogP contribution in [0.25, 0.3) is 11.2 Å². The number of nitrogens with zero attached hydrogens (tertiary/aromatic N) is 2. The van der Waals surface area contributed by atoms with E-state index in [1.165, 1.54) is 12.1 Å². The lowest BCUT2D eigenvalue weighted by Gasteiger charge is -2.15. The van der Waals surface area contributed by atoms with E-state index in [0.717, 1.165) is 6.07 Å². The molecule has 0 amide bonds. The van der Waals surface area contributed by atoms with Crippen LogP contribution in [0, 0.1) is 11.6 Å². The Morgan fingerprint density at radius 2 is 2.00 bits per heavy atom. The van der Waals surface area contributed by atoms with Gasteiger partial charge in [0.25, 0.3) is 6.01 Å². The molecule has 2 N–H and O–H groups in total. The van der Waals surface area contributed by atoms with Gasteiger partial charge in [-0.1, -0.05) is 23.7 Å². The van der Waals surface area contributed by atoms with Crippen molar-refractivity contribution < 1.29 is 28.1 Å². The van der Waals surface area contributed by atoms with Crippen LogP contribution in [-0.2, 0) is 22.3 Å². The molecule has 0 aliphatic carbocycles. The first-order valence-electron chi connectivity index (χ1n) is 9.55. The highest BCUT2D eigenvalue weighted by Gasteiger charge is 2.48. The summed E-state index contributed by atoms with van der Waals surface area (Å²) >= 11 is 6.32. The van der Waals surface area contributed by atoms with Gasteiger partial charge in [-0.25, -0.2) is 13.8 Å². The van der Waals surface area contributed by atoms with Gasteiger partial charge in [-0.05, 0) is 30.5 Å². The van der Waals surface area contributed by atoms with Crippen LogP contribution >= 0.6 is 11.6 Å². The van der Waals surface area contributed by atoms with Crippen LogP contribution in [0.3, 0.4) is 0 Å². The number of H-pyrrole nitrogens is 1. The molecule has 10 heteroatoms. The number of pyridine rings is 1. The summed E-state index contributed by atoms with van der Waals surface area (Å²) in [6.45, 7) is 0.490. The second-order valence-electron chi connectivity index (χ2n) is 7.36. The molecule has 3 aromatic rings. The van der Waals surface area contributed by atoms with E-state index in [0.29, 0.717) is 28.3 Å². The first-order valence-corrected chi connectivity index (χ1v) is 9.93. The van der Waals surface area contributed by atoms with Crippen LogP contribution in [0.4, 0.5) is 8.78 Å². The van der Waals surface area contributed by atoms with Crippen molar-refractivity contribution in [2.24, 2.45) is 0 Å². The number of aliphatic hydroxyl groups is 1. The summed E-state index contributed by atoms with van der Waals surface area (Å²) in [5.74, 6) is -1.74. The minimum Gasteiger partial charge on any atom is -0.456 e. The second-order valence-corrected chi connectivity index (χ2v) is 7.77. The van der Waals surface area contributed by atoms with E-state index < -0.39 is 29.9 Å². The van der Waals surface area contributed by atoms with Gasteiger partial charge in [-0.15, -0.1) is 0 Å². The van der Waals surface area contributed by atoms with Gasteiger partial charge < -0.3 is 24.3 Å². The van der Waals surface area contributed by atoms with Gasteiger partial charge in [0, 0.05) is 0 Å². The molecule has 0 saturated carbocycles. The number of ether oxygens (including phenoxy) is 3. The fourth-order valence-electron chi connectivity index (χ4n) is 3.85. The Bertz CT molecular complexity index is 1100. The summed E-state index contributed by atoms with van der Waals surface area (Å²) in [5, 5.41) is 10.2. The minimum atomic E-state index is -0.881. The highest BCUT2D eigenvalue weighted by atomic mass is 35.5. The van der Waals surface area contributed by atoms with E-state index in [1.54, 1.807) is 6.07 Å². The lowest BCUT2D eigenvalue weighted by molar-refractivity contribution is 0.00706. The van der Waals surface area contributed by atoms with E-state index in [-0.39, 0.29) is 37.3 Å². The lowest BCUT2D eigenvalue weighted by atomic mass is 10.1. The highest BCUT2D eigenvalue weighted by Crippen LogP contribution is 2.30. The first kappa shape index (κ1) is 19.6. The van der Waals surface area contributed by atoms with E-state index in [9.17, 15) is 13.9 Å². The van der Waals surface area contributed by atoms with Crippen molar-refractivity contribution in [3.8, 4) is 6.01 Å². The van der Waals surface area contributed by atoms with Gasteiger partial charge in [-0.2, -0.15) is 4.98 Å². The number of nitrogens with one attached hydrogen (secondary N) is 1. The normalized spacial score (nSPS) is 25.7. The fourth-order valence-corrected chi connectivity index (χ4v) is 4.09. The van der Waals surface area contributed by atoms with Crippen molar-refractivity contribution in [3.05, 3.63) is 52.2 Å². The molecule has 30 heavy (non-hydrogen) atoms. The molecule has 0 radical (unpaired) electrons. The first-order chi connectivity index (χ1) is 14.5. The van der Waals surface area contributed by atoms with Gasteiger partial charge in [-0.3, -0.25) is 0 Å². The van der Waals surface area contributed by atoms with Crippen LogP contribution < -0.4 is 4.74 Å². The zero-order valence-electron chi connectivity index (χ0n) is 15.6. The average molecular weight is 438 g/mol. The number of fused-ring (bicyclic) bond motifs is 2. The summed E-state index contributed by atoms with van der Waals surface area (Å²) in [6.07, 6.45) is -1.26.